The molecule has 4 heteroatoms. The van der Waals surface area contributed by atoms with Crippen LogP contribution in [0.15, 0.2) is 78.9 Å². The number of carbonyl (C=O) groups is 1. The molecule has 1 atom stereocenters. The van der Waals surface area contributed by atoms with Gasteiger partial charge >= 0.3 is 0 Å². The quantitative estimate of drug-likeness (QED) is 0.729. The zero-order valence-electron chi connectivity index (χ0n) is 15.0. The summed E-state index contributed by atoms with van der Waals surface area (Å²) in [6.07, 6.45) is 0. The van der Waals surface area contributed by atoms with Gasteiger partial charge in [-0.1, -0.05) is 54.6 Å². The summed E-state index contributed by atoms with van der Waals surface area (Å²) >= 11 is 0. The standard InChI is InChI=1S/C23H20N2O2/c1-23(27,16-25-22(26)20-9-7-17(15-24)8-10-20)21-13-11-19(12-14-21)18-5-3-2-4-6-18/h2-14,27H,16H2,1H3,(H,25,26). The van der Waals surface area contributed by atoms with Crippen LogP contribution >= 0.6 is 0 Å². The van der Waals surface area contributed by atoms with Gasteiger partial charge in [0.15, 0.2) is 0 Å². The monoisotopic (exact) mass is 356 g/mol. The molecule has 3 aromatic rings. The minimum Gasteiger partial charge on any atom is -0.384 e. The molecule has 0 saturated carbocycles. The van der Waals surface area contributed by atoms with Crippen LogP contribution < -0.4 is 5.32 Å². The van der Waals surface area contributed by atoms with Crippen LogP contribution in [0.5, 0.6) is 0 Å². The van der Waals surface area contributed by atoms with Crippen LogP contribution in [0.4, 0.5) is 0 Å². The zero-order chi connectivity index (χ0) is 19.3. The van der Waals surface area contributed by atoms with Gasteiger partial charge < -0.3 is 10.4 Å². The van der Waals surface area contributed by atoms with Crippen molar-refractivity contribution in [2.75, 3.05) is 6.54 Å². The van der Waals surface area contributed by atoms with E-state index in [1.807, 2.05) is 60.7 Å². The Labute approximate surface area is 158 Å². The molecule has 134 valence electrons. The van der Waals surface area contributed by atoms with Crippen LogP contribution in [0.3, 0.4) is 0 Å². The van der Waals surface area contributed by atoms with Crippen LogP contribution in [0, 0.1) is 11.3 Å². The molecule has 0 radical (unpaired) electrons. The number of nitrogens with one attached hydrogen (secondary N) is 1. The second-order valence-electron chi connectivity index (χ2n) is 6.59. The molecule has 4 nitrogen and oxygen atoms in total. The Bertz CT molecular complexity index is 954. The Balaban J connectivity index is 1.67. The molecule has 0 bridgehead atoms. The molecule has 0 aromatic heterocycles. The highest BCUT2D eigenvalue weighted by Gasteiger charge is 2.24. The second kappa shape index (κ2) is 7.86. The number of nitrogens with zero attached hydrogens (tertiary/aromatic N) is 1. The van der Waals surface area contributed by atoms with Gasteiger partial charge in [-0.25, -0.2) is 0 Å². The minimum atomic E-state index is -1.20. The van der Waals surface area contributed by atoms with Gasteiger partial charge in [0.2, 0.25) is 0 Å². The predicted molar refractivity (Wildman–Crippen MR) is 105 cm³/mol. The molecule has 0 spiro atoms. The van der Waals surface area contributed by atoms with Crippen LogP contribution in [-0.2, 0) is 5.60 Å². The lowest BCUT2D eigenvalue weighted by atomic mass is 9.93. The largest absolute Gasteiger partial charge is 0.384 e. The van der Waals surface area contributed by atoms with Crippen molar-refractivity contribution in [2.45, 2.75) is 12.5 Å². The van der Waals surface area contributed by atoms with Gasteiger partial charge in [0.1, 0.15) is 5.60 Å². The van der Waals surface area contributed by atoms with Gasteiger partial charge in [0.05, 0.1) is 18.2 Å². The van der Waals surface area contributed by atoms with Gasteiger partial charge in [-0.2, -0.15) is 5.26 Å². The van der Waals surface area contributed by atoms with Gasteiger partial charge in [-0.3, -0.25) is 4.79 Å². The second-order valence-corrected chi connectivity index (χ2v) is 6.59. The Morgan fingerprint density at radius 3 is 2.15 bits per heavy atom. The Morgan fingerprint density at radius 1 is 0.963 bits per heavy atom. The van der Waals surface area contributed by atoms with Crippen molar-refractivity contribution in [2.24, 2.45) is 0 Å². The molecule has 0 heterocycles. The summed E-state index contributed by atoms with van der Waals surface area (Å²) in [4.78, 5) is 12.3. The highest BCUT2D eigenvalue weighted by atomic mass is 16.3. The molecule has 3 aromatic carbocycles. The van der Waals surface area contributed by atoms with Crippen molar-refractivity contribution >= 4 is 5.91 Å². The van der Waals surface area contributed by atoms with Crippen LogP contribution in [-0.4, -0.2) is 17.6 Å². The van der Waals surface area contributed by atoms with Gasteiger partial charge in [-0.15, -0.1) is 0 Å². The molecule has 0 aliphatic heterocycles. The topological polar surface area (TPSA) is 73.1 Å². The van der Waals surface area contributed by atoms with Gasteiger partial charge in [0.25, 0.3) is 5.91 Å². The summed E-state index contributed by atoms with van der Waals surface area (Å²) in [6.45, 7) is 1.75. The number of aliphatic hydroxyl groups is 1. The predicted octanol–water partition coefficient (Wildman–Crippen LogP) is 3.86. The van der Waals surface area contributed by atoms with Crippen molar-refractivity contribution < 1.29 is 9.90 Å². The molecule has 3 rings (SSSR count). The first-order valence-corrected chi connectivity index (χ1v) is 8.66. The summed E-state index contributed by atoms with van der Waals surface area (Å²) in [7, 11) is 0. The normalized spacial score (nSPS) is 12.6. The van der Waals surface area contributed by atoms with Gasteiger partial charge in [0, 0.05) is 5.56 Å². The van der Waals surface area contributed by atoms with E-state index in [0.29, 0.717) is 11.1 Å². The average Bonchev–Trinajstić information content (AvgIpc) is 2.73. The van der Waals surface area contributed by atoms with Crippen molar-refractivity contribution in [3.05, 3.63) is 95.6 Å². The van der Waals surface area contributed by atoms with E-state index < -0.39 is 5.60 Å². The first-order valence-electron chi connectivity index (χ1n) is 8.66. The van der Waals surface area contributed by atoms with E-state index in [4.69, 9.17) is 5.26 Å². The molecule has 0 aliphatic carbocycles. The maximum atomic E-state index is 12.3. The minimum absolute atomic E-state index is 0.0799. The van der Waals surface area contributed by atoms with E-state index in [1.54, 1.807) is 31.2 Å². The fraction of sp³-hybridized carbons (Fsp3) is 0.130. The SMILES string of the molecule is CC(O)(CNC(=O)c1ccc(C#N)cc1)c1ccc(-c2ccccc2)cc1. The molecule has 2 N–H and O–H groups in total. The summed E-state index contributed by atoms with van der Waals surface area (Å²) in [5.74, 6) is -0.291. The summed E-state index contributed by atoms with van der Waals surface area (Å²) in [5.41, 5.74) is 2.65. The number of nitriles is 1. The fourth-order valence-electron chi connectivity index (χ4n) is 2.80. The van der Waals surface area contributed by atoms with Crippen LogP contribution in [0.1, 0.15) is 28.4 Å². The van der Waals surface area contributed by atoms with E-state index in [0.717, 1.165) is 16.7 Å². The first kappa shape index (κ1) is 18.4. The molecular formula is C23H20N2O2. The number of rotatable bonds is 5. The number of amides is 1. The molecule has 1 amide bonds. The Morgan fingerprint density at radius 2 is 1.56 bits per heavy atom. The lowest BCUT2D eigenvalue weighted by Crippen LogP contribution is -2.38. The van der Waals surface area contributed by atoms with E-state index in [1.165, 1.54) is 0 Å². The third-order valence-corrected chi connectivity index (χ3v) is 4.48. The molecule has 0 aliphatic rings. The molecule has 27 heavy (non-hydrogen) atoms. The van der Waals surface area contributed by atoms with E-state index in [9.17, 15) is 9.90 Å². The van der Waals surface area contributed by atoms with E-state index in [2.05, 4.69) is 5.32 Å². The summed E-state index contributed by atoms with van der Waals surface area (Å²) in [5, 5.41) is 22.3. The molecule has 1 unspecified atom stereocenters. The lowest BCUT2D eigenvalue weighted by molar-refractivity contribution is 0.0526. The van der Waals surface area contributed by atoms with Crippen LogP contribution in [0.2, 0.25) is 0 Å². The molecule has 0 fully saturated rings. The van der Waals surface area contributed by atoms with Gasteiger partial charge in [-0.05, 0) is 47.9 Å². The third-order valence-electron chi connectivity index (χ3n) is 4.48. The Hall–Kier alpha value is -3.42. The van der Waals surface area contributed by atoms with Crippen molar-refractivity contribution in [1.82, 2.24) is 5.32 Å². The molecule has 0 saturated heterocycles. The zero-order valence-corrected chi connectivity index (χ0v) is 15.0. The Kier molecular flexibility index (Phi) is 5.35. The highest BCUT2D eigenvalue weighted by molar-refractivity contribution is 5.94. The first-order chi connectivity index (χ1) is 13.0. The maximum absolute atomic E-state index is 12.3. The number of carbonyl (C=O) groups excluding carboxylic acids is 1. The summed E-state index contributed by atoms with van der Waals surface area (Å²) in [6, 6.07) is 26.1. The third kappa shape index (κ3) is 4.41. The van der Waals surface area contributed by atoms with E-state index in [-0.39, 0.29) is 12.5 Å². The molecular weight excluding hydrogens is 336 g/mol. The number of benzene rings is 3. The fourth-order valence-corrected chi connectivity index (χ4v) is 2.80. The number of hydrogen-bond acceptors (Lipinski definition) is 3. The maximum Gasteiger partial charge on any atom is 0.251 e. The van der Waals surface area contributed by atoms with Crippen LogP contribution in [0.25, 0.3) is 11.1 Å². The van der Waals surface area contributed by atoms with Crippen molar-refractivity contribution in [3.63, 3.8) is 0 Å². The highest BCUT2D eigenvalue weighted by Crippen LogP contribution is 2.24. The van der Waals surface area contributed by atoms with Crippen molar-refractivity contribution in [3.8, 4) is 17.2 Å². The summed E-state index contributed by atoms with van der Waals surface area (Å²) < 4.78 is 0. The average molecular weight is 356 g/mol. The number of hydrogen-bond donors (Lipinski definition) is 2. The smallest absolute Gasteiger partial charge is 0.251 e. The van der Waals surface area contributed by atoms with E-state index >= 15 is 0 Å². The lowest BCUT2D eigenvalue weighted by Gasteiger charge is -2.24. The van der Waals surface area contributed by atoms with Crippen molar-refractivity contribution in [1.29, 1.82) is 5.26 Å².